The van der Waals surface area contributed by atoms with E-state index in [0.29, 0.717) is 31.1 Å². The van der Waals surface area contributed by atoms with Gasteiger partial charge in [-0.05, 0) is 58.5 Å². The van der Waals surface area contributed by atoms with Crippen molar-refractivity contribution in [1.82, 2.24) is 4.90 Å². The highest BCUT2D eigenvalue weighted by Crippen LogP contribution is 2.36. The molecule has 0 saturated carbocycles. The Morgan fingerprint density at radius 2 is 1.64 bits per heavy atom. The fourth-order valence-corrected chi connectivity index (χ4v) is 3.73. The number of carbonyl (C=O) groups excluding carboxylic acids is 1. The molecule has 0 unspecified atom stereocenters. The largest absolute Gasteiger partial charge is 0.505 e. The monoisotopic (exact) mass is 489 g/mol. The fourth-order valence-electron chi connectivity index (χ4n) is 3.73. The quantitative estimate of drug-likeness (QED) is 0.206. The molecule has 3 aromatic rings. The van der Waals surface area contributed by atoms with Crippen molar-refractivity contribution in [3.8, 4) is 11.5 Å². The lowest BCUT2D eigenvalue weighted by molar-refractivity contribution is -0.123. The summed E-state index contributed by atoms with van der Waals surface area (Å²) in [5.41, 5.74) is 4.64. The summed E-state index contributed by atoms with van der Waals surface area (Å²) in [6.07, 6.45) is 3.89. The van der Waals surface area contributed by atoms with Gasteiger partial charge in [-0.2, -0.15) is 0 Å². The van der Waals surface area contributed by atoms with Crippen molar-refractivity contribution in [2.24, 2.45) is 0 Å². The Morgan fingerprint density at radius 1 is 0.944 bits per heavy atom. The summed E-state index contributed by atoms with van der Waals surface area (Å²) in [6, 6.07) is 22.1. The summed E-state index contributed by atoms with van der Waals surface area (Å²) in [7, 11) is 3.39. The normalized spacial score (nSPS) is 11.9. The number of ether oxygens (including phenoxy) is 2. The number of benzene rings is 3. The van der Waals surface area contributed by atoms with E-state index in [4.69, 9.17) is 9.47 Å². The van der Waals surface area contributed by atoms with Gasteiger partial charge < -0.3 is 19.5 Å². The Morgan fingerprint density at radius 3 is 2.28 bits per heavy atom. The molecule has 0 spiro atoms. The molecule has 0 aliphatic rings. The van der Waals surface area contributed by atoms with Gasteiger partial charge in [0, 0.05) is 20.2 Å². The summed E-state index contributed by atoms with van der Waals surface area (Å²) in [6.45, 7) is 3.15. The van der Waals surface area contributed by atoms with Crippen LogP contribution in [-0.4, -0.2) is 49.8 Å². The lowest BCUT2D eigenvalue weighted by atomic mass is 9.88. The van der Waals surface area contributed by atoms with Crippen molar-refractivity contribution in [2.75, 3.05) is 33.9 Å². The second-order valence-electron chi connectivity index (χ2n) is 8.32. The van der Waals surface area contributed by atoms with Crippen LogP contribution in [0, 0.1) is 5.82 Å². The minimum Gasteiger partial charge on any atom is -0.505 e. The Kier molecular flexibility index (Phi) is 9.83. The van der Waals surface area contributed by atoms with Gasteiger partial charge in [0.25, 0.3) is 0 Å². The van der Waals surface area contributed by atoms with Crippen molar-refractivity contribution in [1.29, 1.82) is 0 Å². The molecule has 36 heavy (non-hydrogen) atoms. The fraction of sp³-hybridized carbons (Fsp3) is 0.233. The summed E-state index contributed by atoms with van der Waals surface area (Å²) >= 11 is 0. The number of hydrogen-bond donors (Lipinski definition) is 1. The first-order valence-corrected chi connectivity index (χ1v) is 11.9. The number of rotatable bonds is 11. The number of amides is 1. The van der Waals surface area contributed by atoms with Gasteiger partial charge in [0.2, 0.25) is 5.91 Å². The molecular weight excluding hydrogens is 457 g/mol. The molecule has 1 N–H and O–H groups in total. The topological polar surface area (TPSA) is 59.0 Å². The van der Waals surface area contributed by atoms with Gasteiger partial charge in [0.15, 0.2) is 11.6 Å². The van der Waals surface area contributed by atoms with E-state index in [1.54, 1.807) is 26.2 Å². The predicted molar refractivity (Wildman–Crippen MR) is 141 cm³/mol. The van der Waals surface area contributed by atoms with Crippen LogP contribution in [0.1, 0.15) is 30.0 Å². The van der Waals surface area contributed by atoms with Crippen LogP contribution in [0.4, 0.5) is 4.39 Å². The molecule has 0 saturated heterocycles. The Balaban J connectivity index is 1.75. The number of phenols is 1. The number of phenolic OH excluding ortho intramolecular Hbond substituents is 1. The smallest absolute Gasteiger partial charge is 0.245 e. The molecule has 3 aromatic carbocycles. The zero-order valence-corrected chi connectivity index (χ0v) is 20.9. The molecule has 3 rings (SSSR count). The number of aromatic hydroxyl groups is 1. The third-order valence-electron chi connectivity index (χ3n) is 5.57. The number of allylic oxidation sites excluding steroid dienone is 1. The van der Waals surface area contributed by atoms with Gasteiger partial charge >= 0.3 is 0 Å². The van der Waals surface area contributed by atoms with Gasteiger partial charge in [0.05, 0.1) is 13.2 Å². The minimum absolute atomic E-state index is 0.0862. The highest BCUT2D eigenvalue weighted by Gasteiger charge is 2.15. The highest BCUT2D eigenvalue weighted by atomic mass is 19.1. The summed E-state index contributed by atoms with van der Waals surface area (Å²) in [4.78, 5) is 13.0. The number of nitrogens with zero attached hydrogens (tertiary/aromatic N) is 1. The molecule has 5 nitrogen and oxygen atoms in total. The van der Waals surface area contributed by atoms with Crippen LogP contribution >= 0.6 is 0 Å². The van der Waals surface area contributed by atoms with Crippen molar-refractivity contribution >= 4 is 17.1 Å². The van der Waals surface area contributed by atoms with E-state index >= 15 is 0 Å². The van der Waals surface area contributed by atoms with Crippen LogP contribution in [0.25, 0.3) is 11.1 Å². The third kappa shape index (κ3) is 7.30. The first kappa shape index (κ1) is 26.7. The van der Waals surface area contributed by atoms with E-state index in [1.165, 1.54) is 23.1 Å². The van der Waals surface area contributed by atoms with Crippen LogP contribution < -0.4 is 4.74 Å². The third-order valence-corrected chi connectivity index (χ3v) is 5.57. The van der Waals surface area contributed by atoms with Gasteiger partial charge in [-0.25, -0.2) is 4.39 Å². The molecule has 0 bridgehead atoms. The Labute approximate surface area is 212 Å². The van der Waals surface area contributed by atoms with Gasteiger partial charge in [0.1, 0.15) is 12.4 Å². The number of hydrogen-bond acceptors (Lipinski definition) is 4. The zero-order chi connectivity index (χ0) is 25.9. The lowest BCUT2D eigenvalue weighted by Gasteiger charge is -2.17. The second kappa shape index (κ2) is 13.3. The molecule has 0 aromatic heterocycles. The van der Waals surface area contributed by atoms with Crippen LogP contribution in [0.5, 0.6) is 11.5 Å². The molecule has 0 fully saturated rings. The van der Waals surface area contributed by atoms with Crippen molar-refractivity contribution in [2.45, 2.75) is 13.3 Å². The Bertz CT molecular complexity index is 1200. The maximum Gasteiger partial charge on any atom is 0.245 e. The molecular formula is C30H32FNO4. The minimum atomic E-state index is -0.658. The number of halogens is 1. The van der Waals surface area contributed by atoms with Crippen molar-refractivity contribution < 1.29 is 23.8 Å². The summed E-state index contributed by atoms with van der Waals surface area (Å²) in [5, 5.41) is 9.70. The number of likely N-dealkylation sites (N-methyl/N-ethyl adjacent to an activating group) is 1. The second-order valence-corrected chi connectivity index (χ2v) is 8.32. The average molecular weight is 490 g/mol. The molecule has 0 aliphatic carbocycles. The van der Waals surface area contributed by atoms with Crippen LogP contribution in [0.2, 0.25) is 0 Å². The van der Waals surface area contributed by atoms with Crippen LogP contribution in [0.3, 0.4) is 0 Å². The average Bonchev–Trinajstić information content (AvgIpc) is 2.89. The molecule has 0 atom stereocenters. The Hall–Kier alpha value is -3.90. The van der Waals surface area contributed by atoms with E-state index < -0.39 is 5.82 Å². The van der Waals surface area contributed by atoms with Crippen molar-refractivity contribution in [3.05, 3.63) is 107 Å². The van der Waals surface area contributed by atoms with Gasteiger partial charge in [-0.15, -0.1) is 0 Å². The zero-order valence-electron chi connectivity index (χ0n) is 20.9. The van der Waals surface area contributed by atoms with Gasteiger partial charge in [-0.1, -0.05) is 61.5 Å². The maximum absolute atomic E-state index is 14.3. The number of carbonyl (C=O) groups is 1. The van der Waals surface area contributed by atoms with Crippen LogP contribution in [-0.2, 0) is 9.53 Å². The van der Waals surface area contributed by atoms with E-state index in [9.17, 15) is 14.3 Å². The lowest BCUT2D eigenvalue weighted by Crippen LogP contribution is -2.19. The first-order valence-electron chi connectivity index (χ1n) is 11.9. The van der Waals surface area contributed by atoms with E-state index in [0.717, 1.165) is 28.7 Å². The standard InChI is InChI=1S/C30H32FNO4/c1-4-26(22-9-6-5-7-10-22)30(24-14-17-28(33)27(31)21-24)23-12-15-25(16-13-23)36-20-19-35-18-8-11-29(34)32(2)3/h5-17,21,33H,4,18-20H2,1-3H3/b11-8+,30-26+. The molecule has 6 heteroatoms. The molecule has 0 aliphatic heterocycles. The maximum atomic E-state index is 14.3. The van der Waals surface area contributed by atoms with E-state index in [2.05, 4.69) is 6.92 Å². The summed E-state index contributed by atoms with van der Waals surface area (Å²) in [5.74, 6) is -0.428. The highest BCUT2D eigenvalue weighted by molar-refractivity contribution is 5.98. The predicted octanol–water partition coefficient (Wildman–Crippen LogP) is 5.94. The molecule has 1 amide bonds. The van der Waals surface area contributed by atoms with E-state index in [1.807, 2.05) is 54.6 Å². The van der Waals surface area contributed by atoms with E-state index in [-0.39, 0.29) is 11.7 Å². The molecule has 0 radical (unpaired) electrons. The first-order chi connectivity index (χ1) is 17.4. The molecule has 0 heterocycles. The van der Waals surface area contributed by atoms with Crippen LogP contribution in [0.15, 0.2) is 84.9 Å². The molecule has 188 valence electrons. The van der Waals surface area contributed by atoms with Crippen molar-refractivity contribution in [3.63, 3.8) is 0 Å². The SMILES string of the molecule is CC/C(=C(/c1ccc(OCCOC/C=C/C(=O)N(C)C)cc1)c1ccc(O)c(F)c1)c1ccccc1. The summed E-state index contributed by atoms with van der Waals surface area (Å²) < 4.78 is 25.5. The van der Waals surface area contributed by atoms with Gasteiger partial charge in [-0.3, -0.25) is 4.79 Å².